The summed E-state index contributed by atoms with van der Waals surface area (Å²) in [4.78, 5) is 31.4. The van der Waals surface area contributed by atoms with E-state index < -0.39 is 12.0 Å². The lowest BCUT2D eigenvalue weighted by molar-refractivity contribution is -0.151. The Balaban J connectivity index is 1.58. The largest absolute Gasteiger partial charge is 0.480 e. The quantitative estimate of drug-likeness (QED) is 0.749. The van der Waals surface area contributed by atoms with Crippen molar-refractivity contribution in [3.05, 3.63) is 64.4 Å². The summed E-state index contributed by atoms with van der Waals surface area (Å²) in [6.07, 6.45) is 0.335. The maximum Gasteiger partial charge on any atom is 0.326 e. The van der Waals surface area contributed by atoms with Gasteiger partial charge in [0.2, 0.25) is 11.8 Å². The lowest BCUT2D eigenvalue weighted by Crippen LogP contribution is -2.49. The lowest BCUT2D eigenvalue weighted by atomic mass is 9.93. The number of carboxylic acid groups (broad SMARTS) is 1. The minimum atomic E-state index is -0.992. The number of carbonyl (C=O) groups excluding carboxylic acids is 1. The molecule has 3 aromatic rings. The van der Waals surface area contributed by atoms with Gasteiger partial charge in [0.05, 0.1) is 17.0 Å². The maximum absolute atomic E-state index is 12.9. The maximum atomic E-state index is 12.9. The highest BCUT2D eigenvalue weighted by atomic mass is 32.1. The Labute approximate surface area is 160 Å². The van der Waals surface area contributed by atoms with Gasteiger partial charge in [0, 0.05) is 13.0 Å². The molecule has 0 aliphatic carbocycles. The predicted octanol–water partition coefficient (Wildman–Crippen LogP) is 3.29. The number of aromatic nitrogens is 1. The molecule has 0 radical (unpaired) electrons. The Morgan fingerprint density at radius 2 is 2.04 bits per heavy atom. The van der Waals surface area contributed by atoms with Crippen LogP contribution < -0.4 is 0 Å². The van der Waals surface area contributed by atoms with Crippen LogP contribution in [0.15, 0.2) is 46.2 Å². The zero-order valence-corrected chi connectivity index (χ0v) is 15.5. The minimum absolute atomic E-state index is 0.0205. The monoisotopic (exact) mass is 382 g/mol. The average Bonchev–Trinajstić information content (AvgIpc) is 3.31. The molecular weight excluding hydrogens is 364 g/mol. The number of carbonyl (C=O) groups is 2. The number of hydrogen-bond donors (Lipinski definition) is 1. The third-order valence-corrected chi connectivity index (χ3v) is 5.66. The topological polar surface area (TPSA) is 83.6 Å². The number of carboxylic acids is 1. The number of aliphatic carboxylic acids is 1. The molecule has 0 bridgehead atoms. The molecule has 0 fully saturated rings. The van der Waals surface area contributed by atoms with Gasteiger partial charge in [-0.25, -0.2) is 9.78 Å². The standard InChI is InChI=1S/C20H18N2O4S/c1-12-15(21-19(26-12)17-7-4-8-27-17)10-18(23)22-11-14-6-3-2-5-13(14)9-16(22)20(24)25/h2-8,16H,9-11H2,1H3,(H,24,25)/t16-/m0/s1. The van der Waals surface area contributed by atoms with Crippen LogP contribution in [0, 0.1) is 6.92 Å². The number of rotatable bonds is 4. The van der Waals surface area contributed by atoms with Crippen LogP contribution in [0.3, 0.4) is 0 Å². The van der Waals surface area contributed by atoms with Gasteiger partial charge < -0.3 is 14.4 Å². The van der Waals surface area contributed by atoms with Gasteiger partial charge in [-0.3, -0.25) is 4.79 Å². The molecule has 6 nitrogen and oxygen atoms in total. The normalized spacial score (nSPS) is 16.2. The van der Waals surface area contributed by atoms with Crippen LogP contribution >= 0.6 is 11.3 Å². The van der Waals surface area contributed by atoms with Crippen molar-refractivity contribution in [2.24, 2.45) is 0 Å². The molecule has 0 saturated carbocycles. The summed E-state index contributed by atoms with van der Waals surface area (Å²) >= 11 is 1.51. The second-order valence-electron chi connectivity index (χ2n) is 6.52. The van der Waals surface area contributed by atoms with E-state index in [9.17, 15) is 14.7 Å². The molecule has 1 N–H and O–H groups in total. The highest BCUT2D eigenvalue weighted by Gasteiger charge is 2.34. The second kappa shape index (κ2) is 7.00. The molecule has 0 saturated heterocycles. The SMILES string of the molecule is Cc1oc(-c2cccs2)nc1CC(=O)N1Cc2ccccc2C[C@H]1C(=O)O. The van der Waals surface area contributed by atoms with E-state index in [0.29, 0.717) is 30.3 Å². The second-order valence-corrected chi connectivity index (χ2v) is 7.47. The van der Waals surface area contributed by atoms with Gasteiger partial charge in [-0.05, 0) is 29.5 Å². The van der Waals surface area contributed by atoms with Crippen molar-refractivity contribution in [3.8, 4) is 10.8 Å². The van der Waals surface area contributed by atoms with Crippen LogP contribution in [-0.2, 0) is 29.0 Å². The fraction of sp³-hybridized carbons (Fsp3) is 0.250. The zero-order valence-electron chi connectivity index (χ0n) is 14.7. The van der Waals surface area contributed by atoms with Crippen molar-refractivity contribution in [2.45, 2.75) is 32.4 Å². The molecule has 0 spiro atoms. The van der Waals surface area contributed by atoms with Crippen molar-refractivity contribution in [1.29, 1.82) is 0 Å². The smallest absolute Gasteiger partial charge is 0.326 e. The van der Waals surface area contributed by atoms with Crippen LogP contribution in [0.25, 0.3) is 10.8 Å². The minimum Gasteiger partial charge on any atom is -0.480 e. The van der Waals surface area contributed by atoms with E-state index in [0.717, 1.165) is 16.0 Å². The van der Waals surface area contributed by atoms with Crippen LogP contribution in [-0.4, -0.2) is 32.9 Å². The average molecular weight is 382 g/mol. The number of benzene rings is 1. The number of fused-ring (bicyclic) bond motifs is 1. The first kappa shape index (κ1) is 17.5. The Bertz CT molecular complexity index is 993. The number of nitrogens with zero attached hydrogens (tertiary/aromatic N) is 2. The van der Waals surface area contributed by atoms with Crippen molar-refractivity contribution >= 4 is 23.2 Å². The molecule has 7 heteroatoms. The molecule has 1 atom stereocenters. The molecular formula is C20H18N2O4S. The number of hydrogen-bond acceptors (Lipinski definition) is 5. The number of thiophene rings is 1. The fourth-order valence-corrected chi connectivity index (χ4v) is 4.00. The first-order valence-corrected chi connectivity index (χ1v) is 9.50. The van der Waals surface area contributed by atoms with Gasteiger partial charge in [0.25, 0.3) is 0 Å². The van der Waals surface area contributed by atoms with Gasteiger partial charge in [0.15, 0.2) is 0 Å². The van der Waals surface area contributed by atoms with Gasteiger partial charge >= 0.3 is 5.97 Å². The van der Waals surface area contributed by atoms with E-state index in [1.165, 1.54) is 16.2 Å². The third kappa shape index (κ3) is 3.38. The molecule has 1 aliphatic rings. The summed E-state index contributed by atoms with van der Waals surface area (Å²) in [7, 11) is 0. The highest BCUT2D eigenvalue weighted by Crippen LogP contribution is 2.28. The van der Waals surface area contributed by atoms with E-state index in [1.54, 1.807) is 6.92 Å². The Morgan fingerprint density at radius 3 is 2.74 bits per heavy atom. The summed E-state index contributed by atoms with van der Waals surface area (Å²) < 4.78 is 5.69. The molecule has 0 unspecified atom stereocenters. The van der Waals surface area contributed by atoms with Crippen molar-refractivity contribution in [3.63, 3.8) is 0 Å². The molecule has 4 rings (SSSR count). The summed E-state index contributed by atoms with van der Waals surface area (Å²) in [5.74, 6) is -0.180. The Morgan fingerprint density at radius 1 is 1.26 bits per heavy atom. The van der Waals surface area contributed by atoms with Crippen LogP contribution in [0.5, 0.6) is 0 Å². The van der Waals surface area contributed by atoms with E-state index in [2.05, 4.69) is 4.98 Å². The first-order chi connectivity index (χ1) is 13.0. The van der Waals surface area contributed by atoms with Gasteiger partial charge in [-0.15, -0.1) is 11.3 Å². The van der Waals surface area contributed by atoms with Gasteiger partial charge in [-0.2, -0.15) is 0 Å². The highest BCUT2D eigenvalue weighted by molar-refractivity contribution is 7.13. The van der Waals surface area contributed by atoms with Crippen LogP contribution in [0.1, 0.15) is 22.6 Å². The molecule has 1 amide bonds. The van der Waals surface area contributed by atoms with Crippen molar-refractivity contribution in [1.82, 2.24) is 9.88 Å². The lowest BCUT2D eigenvalue weighted by Gasteiger charge is -2.34. The summed E-state index contributed by atoms with van der Waals surface area (Å²) in [5, 5.41) is 11.5. The van der Waals surface area contributed by atoms with Crippen molar-refractivity contribution < 1.29 is 19.1 Å². The molecule has 27 heavy (non-hydrogen) atoms. The fourth-order valence-electron chi connectivity index (χ4n) is 3.35. The van der Waals surface area contributed by atoms with E-state index in [4.69, 9.17) is 4.42 Å². The number of oxazole rings is 1. The molecule has 138 valence electrons. The molecule has 2 aromatic heterocycles. The van der Waals surface area contributed by atoms with Crippen LogP contribution in [0.2, 0.25) is 0 Å². The molecule has 1 aromatic carbocycles. The third-order valence-electron chi connectivity index (χ3n) is 4.80. The number of aryl methyl sites for hydroxylation is 1. The summed E-state index contributed by atoms with van der Waals surface area (Å²) in [6, 6.07) is 10.6. The first-order valence-electron chi connectivity index (χ1n) is 8.62. The van der Waals surface area contributed by atoms with Gasteiger partial charge in [0.1, 0.15) is 11.8 Å². The summed E-state index contributed by atoms with van der Waals surface area (Å²) in [5.41, 5.74) is 2.51. The van der Waals surface area contributed by atoms with Gasteiger partial charge in [-0.1, -0.05) is 30.3 Å². The van der Waals surface area contributed by atoms with E-state index in [1.807, 2.05) is 41.8 Å². The Kier molecular flexibility index (Phi) is 4.53. The summed E-state index contributed by atoms with van der Waals surface area (Å²) in [6.45, 7) is 2.06. The predicted molar refractivity (Wildman–Crippen MR) is 100 cm³/mol. The molecule has 1 aliphatic heterocycles. The van der Waals surface area contributed by atoms with Crippen molar-refractivity contribution in [2.75, 3.05) is 0 Å². The van der Waals surface area contributed by atoms with E-state index >= 15 is 0 Å². The number of amides is 1. The zero-order chi connectivity index (χ0) is 19.0. The molecule has 3 heterocycles. The Hall–Kier alpha value is -2.93. The van der Waals surface area contributed by atoms with Crippen LogP contribution in [0.4, 0.5) is 0 Å². The van der Waals surface area contributed by atoms with E-state index in [-0.39, 0.29) is 12.3 Å².